The summed E-state index contributed by atoms with van der Waals surface area (Å²) in [6, 6.07) is 3.93. The van der Waals surface area contributed by atoms with Crippen LogP contribution in [0.5, 0.6) is 0 Å². The van der Waals surface area contributed by atoms with Gasteiger partial charge in [0, 0.05) is 45.1 Å². The first-order valence-corrected chi connectivity index (χ1v) is 8.55. The van der Waals surface area contributed by atoms with Crippen molar-refractivity contribution in [2.45, 2.75) is 17.7 Å². The van der Waals surface area contributed by atoms with Gasteiger partial charge < -0.3 is 4.74 Å². The molecule has 6 heteroatoms. The molecule has 2 saturated heterocycles. The summed E-state index contributed by atoms with van der Waals surface area (Å²) in [7, 11) is -1.34. The van der Waals surface area contributed by atoms with E-state index in [1.54, 1.807) is 13.3 Å². The molecule has 0 aromatic carbocycles. The van der Waals surface area contributed by atoms with E-state index in [1.807, 2.05) is 18.3 Å². The van der Waals surface area contributed by atoms with Crippen molar-refractivity contribution >= 4 is 9.84 Å². The molecule has 3 heterocycles. The third kappa shape index (κ3) is 2.16. The number of nitrogens with zero attached hydrogens (tertiary/aromatic N) is 2. The van der Waals surface area contributed by atoms with Crippen molar-refractivity contribution in [3.8, 4) is 0 Å². The average Bonchev–Trinajstić information content (AvgIpc) is 2.64. The van der Waals surface area contributed by atoms with Crippen LogP contribution in [-0.2, 0) is 21.1 Å². The lowest BCUT2D eigenvalue weighted by atomic mass is 9.83. The zero-order chi connectivity index (χ0) is 14.2. The molecular formula is C14H20N2O3S. The van der Waals surface area contributed by atoms with Crippen molar-refractivity contribution in [3.63, 3.8) is 0 Å². The van der Waals surface area contributed by atoms with Crippen molar-refractivity contribution < 1.29 is 13.2 Å². The maximum Gasteiger partial charge on any atom is 0.158 e. The highest BCUT2D eigenvalue weighted by molar-refractivity contribution is 7.93. The second-order valence-electron chi connectivity index (χ2n) is 5.83. The number of ether oxygens (including phenoxy) is 1. The SMILES string of the molecule is COC[C@H]1CCS(=O)(=O)C12CN(Cc1cccnc1)C2. The van der Waals surface area contributed by atoms with Gasteiger partial charge in [-0.25, -0.2) is 8.42 Å². The maximum absolute atomic E-state index is 12.4. The van der Waals surface area contributed by atoms with Gasteiger partial charge in [0.05, 0.1) is 12.4 Å². The number of rotatable bonds is 4. The van der Waals surface area contributed by atoms with E-state index >= 15 is 0 Å². The largest absolute Gasteiger partial charge is 0.384 e. The minimum absolute atomic E-state index is 0.141. The van der Waals surface area contributed by atoms with E-state index in [0.717, 1.165) is 18.5 Å². The van der Waals surface area contributed by atoms with Crippen LogP contribution in [0.3, 0.4) is 0 Å². The summed E-state index contributed by atoms with van der Waals surface area (Å²) in [5.41, 5.74) is 1.13. The van der Waals surface area contributed by atoms with Crippen LogP contribution in [0.4, 0.5) is 0 Å². The highest BCUT2D eigenvalue weighted by Crippen LogP contribution is 2.45. The summed E-state index contributed by atoms with van der Waals surface area (Å²) in [5.74, 6) is 0.449. The predicted molar refractivity (Wildman–Crippen MR) is 76.0 cm³/mol. The van der Waals surface area contributed by atoms with E-state index < -0.39 is 14.6 Å². The monoisotopic (exact) mass is 296 g/mol. The van der Waals surface area contributed by atoms with E-state index in [2.05, 4.69) is 9.88 Å². The van der Waals surface area contributed by atoms with Gasteiger partial charge in [-0.15, -0.1) is 0 Å². The van der Waals surface area contributed by atoms with Crippen LogP contribution in [0.25, 0.3) is 0 Å². The molecule has 20 heavy (non-hydrogen) atoms. The van der Waals surface area contributed by atoms with Gasteiger partial charge >= 0.3 is 0 Å². The molecule has 0 aliphatic carbocycles. The molecule has 1 spiro atoms. The number of sulfone groups is 1. The second-order valence-corrected chi connectivity index (χ2v) is 8.28. The molecule has 2 aliphatic rings. The third-order valence-electron chi connectivity index (χ3n) is 4.58. The van der Waals surface area contributed by atoms with Gasteiger partial charge in [0.1, 0.15) is 4.75 Å². The highest BCUT2D eigenvalue weighted by Gasteiger charge is 2.61. The number of aromatic nitrogens is 1. The van der Waals surface area contributed by atoms with Gasteiger partial charge in [0.2, 0.25) is 0 Å². The van der Waals surface area contributed by atoms with Crippen molar-refractivity contribution in [3.05, 3.63) is 30.1 Å². The molecule has 110 valence electrons. The molecular weight excluding hydrogens is 276 g/mol. The molecule has 1 aromatic rings. The van der Waals surface area contributed by atoms with Gasteiger partial charge in [-0.1, -0.05) is 6.07 Å². The van der Waals surface area contributed by atoms with Gasteiger partial charge in [-0.2, -0.15) is 0 Å². The molecule has 1 aromatic heterocycles. The lowest BCUT2D eigenvalue weighted by Crippen LogP contribution is -2.67. The Labute approximate surface area is 119 Å². The van der Waals surface area contributed by atoms with Gasteiger partial charge in [-0.3, -0.25) is 9.88 Å². The quantitative estimate of drug-likeness (QED) is 0.819. The average molecular weight is 296 g/mol. The fourth-order valence-electron chi connectivity index (χ4n) is 3.48. The first-order chi connectivity index (χ1) is 9.57. The Morgan fingerprint density at radius 2 is 2.30 bits per heavy atom. The summed E-state index contributed by atoms with van der Waals surface area (Å²) in [6.45, 7) is 2.56. The Morgan fingerprint density at radius 1 is 1.50 bits per heavy atom. The fraction of sp³-hybridized carbons (Fsp3) is 0.643. The third-order valence-corrected chi connectivity index (χ3v) is 7.18. The minimum Gasteiger partial charge on any atom is -0.384 e. The molecule has 0 saturated carbocycles. The molecule has 1 atom stereocenters. The van der Waals surface area contributed by atoms with Crippen LogP contribution >= 0.6 is 0 Å². The van der Waals surface area contributed by atoms with Crippen LogP contribution in [0.1, 0.15) is 12.0 Å². The highest BCUT2D eigenvalue weighted by atomic mass is 32.2. The van der Waals surface area contributed by atoms with Crippen molar-refractivity contribution in [2.24, 2.45) is 5.92 Å². The second kappa shape index (κ2) is 5.09. The topological polar surface area (TPSA) is 59.5 Å². The Hall–Kier alpha value is -0.980. The molecule has 5 nitrogen and oxygen atoms in total. The van der Waals surface area contributed by atoms with Crippen LogP contribution in [0.2, 0.25) is 0 Å². The predicted octanol–water partition coefficient (Wildman–Crippen LogP) is 0.717. The number of likely N-dealkylation sites (tertiary alicyclic amines) is 1. The summed E-state index contributed by atoms with van der Waals surface area (Å²) < 4.78 is 29.4. The molecule has 0 amide bonds. The van der Waals surface area contributed by atoms with E-state index in [9.17, 15) is 8.42 Å². The molecule has 3 rings (SSSR count). The van der Waals surface area contributed by atoms with Crippen molar-refractivity contribution in [2.75, 3.05) is 32.6 Å². The maximum atomic E-state index is 12.4. The Kier molecular flexibility index (Phi) is 3.56. The Bertz CT molecular complexity index is 567. The minimum atomic E-state index is -2.98. The first kappa shape index (κ1) is 14.0. The van der Waals surface area contributed by atoms with Crippen molar-refractivity contribution in [1.82, 2.24) is 9.88 Å². The lowest BCUT2D eigenvalue weighted by molar-refractivity contribution is 0.0411. The van der Waals surface area contributed by atoms with Crippen LogP contribution < -0.4 is 0 Å². The molecule has 2 fully saturated rings. The van der Waals surface area contributed by atoms with E-state index in [-0.39, 0.29) is 5.92 Å². The molecule has 0 unspecified atom stereocenters. The van der Waals surface area contributed by atoms with E-state index in [4.69, 9.17) is 4.74 Å². The zero-order valence-electron chi connectivity index (χ0n) is 11.7. The van der Waals surface area contributed by atoms with Gasteiger partial charge in [-0.05, 0) is 18.1 Å². The molecule has 0 N–H and O–H groups in total. The van der Waals surface area contributed by atoms with Crippen LogP contribution in [0.15, 0.2) is 24.5 Å². The lowest BCUT2D eigenvalue weighted by Gasteiger charge is -2.50. The Balaban J connectivity index is 1.70. The van der Waals surface area contributed by atoms with Gasteiger partial charge in [0.15, 0.2) is 9.84 Å². The summed E-state index contributed by atoms with van der Waals surface area (Å²) >= 11 is 0. The summed E-state index contributed by atoms with van der Waals surface area (Å²) in [5, 5.41) is 0. The van der Waals surface area contributed by atoms with Crippen LogP contribution in [-0.4, -0.2) is 55.6 Å². The number of hydrogen-bond acceptors (Lipinski definition) is 5. The normalized spacial score (nSPS) is 27.6. The Morgan fingerprint density at radius 3 is 2.95 bits per heavy atom. The molecule has 2 aliphatic heterocycles. The standard InChI is InChI=1S/C14H20N2O3S/c1-19-9-13-4-6-20(17,18)14(13)10-16(11-14)8-12-3-2-5-15-7-12/h2-3,5,7,13H,4,6,8-11H2,1H3/t13-/m1/s1. The van der Waals surface area contributed by atoms with Gasteiger partial charge in [0.25, 0.3) is 0 Å². The fourth-order valence-corrected chi connectivity index (χ4v) is 5.93. The van der Waals surface area contributed by atoms with E-state index in [0.29, 0.717) is 25.4 Å². The molecule has 0 radical (unpaired) electrons. The smallest absolute Gasteiger partial charge is 0.158 e. The van der Waals surface area contributed by atoms with Crippen molar-refractivity contribution in [1.29, 1.82) is 0 Å². The van der Waals surface area contributed by atoms with Crippen LogP contribution in [0, 0.1) is 5.92 Å². The summed E-state index contributed by atoms with van der Waals surface area (Å²) in [6.07, 6.45) is 4.31. The zero-order valence-corrected chi connectivity index (χ0v) is 12.5. The first-order valence-electron chi connectivity index (χ1n) is 6.90. The number of pyridine rings is 1. The summed E-state index contributed by atoms with van der Waals surface area (Å²) in [4.78, 5) is 6.28. The van der Waals surface area contributed by atoms with E-state index in [1.165, 1.54) is 0 Å². The number of hydrogen-bond donors (Lipinski definition) is 0. The molecule has 0 bridgehead atoms. The number of methoxy groups -OCH3 is 1.